The van der Waals surface area contributed by atoms with Crippen molar-refractivity contribution < 1.29 is 4.79 Å². The largest absolute Gasteiger partial charge is 0.350 e. The molecular weight excluding hydrogens is 350 g/mol. The number of fused-ring (bicyclic) bond motifs is 1. The summed E-state index contributed by atoms with van der Waals surface area (Å²) in [7, 11) is 0. The number of amides is 1. The number of nitrogens with one attached hydrogen (secondary N) is 1. The number of carbonyl (C=O) groups excluding carboxylic acids is 1. The molecule has 0 aliphatic heterocycles. The highest BCUT2D eigenvalue weighted by atomic mass is 16.1. The monoisotopic (exact) mass is 375 g/mol. The van der Waals surface area contributed by atoms with Gasteiger partial charge in [-0.15, -0.1) is 0 Å². The highest BCUT2D eigenvalue weighted by molar-refractivity contribution is 5.76. The molecule has 3 rings (SSSR count). The van der Waals surface area contributed by atoms with Crippen LogP contribution in [0.25, 0.3) is 5.65 Å². The third-order valence-electron chi connectivity index (χ3n) is 5.05. The molecule has 1 atom stereocenters. The Kier molecular flexibility index (Phi) is 5.46. The number of carbonyl (C=O) groups is 1. The molecule has 144 valence electrons. The third-order valence-corrected chi connectivity index (χ3v) is 5.05. The highest BCUT2D eigenvalue weighted by Gasteiger charge is 2.16. The Balaban J connectivity index is 1.71. The highest BCUT2D eigenvalue weighted by Crippen LogP contribution is 2.19. The lowest BCUT2D eigenvalue weighted by Crippen LogP contribution is -2.27. The smallest absolute Gasteiger partial charge is 0.220 e. The molecule has 2 aromatic heterocycles. The predicted molar refractivity (Wildman–Crippen MR) is 108 cm³/mol. The number of nitrogens with zero attached hydrogens (tertiary/aromatic N) is 4. The van der Waals surface area contributed by atoms with Gasteiger partial charge in [-0.3, -0.25) is 4.79 Å². The molecule has 0 spiro atoms. The van der Waals surface area contributed by atoms with Crippen LogP contribution in [0.2, 0.25) is 0 Å². The van der Waals surface area contributed by atoms with Crippen molar-refractivity contribution in [3.8, 4) is 6.07 Å². The average Bonchev–Trinajstić information content (AvgIpc) is 3.03. The zero-order valence-corrected chi connectivity index (χ0v) is 17.0. The van der Waals surface area contributed by atoms with Crippen LogP contribution < -0.4 is 5.32 Å². The first-order valence-electron chi connectivity index (χ1n) is 9.41. The van der Waals surface area contributed by atoms with E-state index in [1.807, 2.05) is 20.8 Å². The van der Waals surface area contributed by atoms with Gasteiger partial charge in [0.1, 0.15) is 11.6 Å². The first-order chi connectivity index (χ1) is 13.3. The summed E-state index contributed by atoms with van der Waals surface area (Å²) in [5, 5.41) is 16.5. The molecule has 3 aromatic rings. The molecule has 0 bridgehead atoms. The Morgan fingerprint density at radius 2 is 1.89 bits per heavy atom. The molecule has 2 heterocycles. The normalized spacial score (nSPS) is 12.0. The average molecular weight is 375 g/mol. The van der Waals surface area contributed by atoms with Crippen LogP contribution in [0.15, 0.2) is 24.4 Å². The molecule has 1 unspecified atom stereocenters. The van der Waals surface area contributed by atoms with Crippen LogP contribution in [0.5, 0.6) is 0 Å². The fraction of sp³-hybridized carbons (Fsp3) is 0.364. The third kappa shape index (κ3) is 3.89. The van der Waals surface area contributed by atoms with Crippen LogP contribution in [-0.2, 0) is 11.2 Å². The van der Waals surface area contributed by atoms with Crippen molar-refractivity contribution in [2.45, 2.75) is 53.5 Å². The summed E-state index contributed by atoms with van der Waals surface area (Å²) >= 11 is 0. The number of aromatic nitrogens is 3. The number of rotatable bonds is 5. The van der Waals surface area contributed by atoms with E-state index in [-0.39, 0.29) is 11.9 Å². The summed E-state index contributed by atoms with van der Waals surface area (Å²) in [5.74, 6) is 0.00346. The molecule has 0 aliphatic rings. The van der Waals surface area contributed by atoms with Crippen LogP contribution in [0.1, 0.15) is 58.6 Å². The lowest BCUT2D eigenvalue weighted by Gasteiger charge is -2.16. The second-order valence-electron chi connectivity index (χ2n) is 7.38. The lowest BCUT2D eigenvalue weighted by molar-refractivity contribution is -0.121. The lowest BCUT2D eigenvalue weighted by atomic mass is 10.0. The number of benzene rings is 1. The van der Waals surface area contributed by atoms with Gasteiger partial charge in [0, 0.05) is 17.8 Å². The fourth-order valence-electron chi connectivity index (χ4n) is 3.65. The Morgan fingerprint density at radius 1 is 1.21 bits per heavy atom. The number of hydrogen-bond donors (Lipinski definition) is 1. The minimum Gasteiger partial charge on any atom is -0.350 e. The number of aryl methyl sites for hydroxylation is 4. The van der Waals surface area contributed by atoms with Crippen LogP contribution in [0.3, 0.4) is 0 Å². The van der Waals surface area contributed by atoms with Crippen molar-refractivity contribution in [1.29, 1.82) is 5.26 Å². The number of nitriles is 1. The summed E-state index contributed by atoms with van der Waals surface area (Å²) in [6.45, 7) is 9.98. The van der Waals surface area contributed by atoms with Crippen LogP contribution >= 0.6 is 0 Å². The van der Waals surface area contributed by atoms with Gasteiger partial charge < -0.3 is 5.32 Å². The maximum absolute atomic E-state index is 12.5. The summed E-state index contributed by atoms with van der Waals surface area (Å²) in [5.41, 5.74) is 7.26. The maximum Gasteiger partial charge on any atom is 0.220 e. The molecule has 1 N–H and O–H groups in total. The van der Waals surface area contributed by atoms with Gasteiger partial charge >= 0.3 is 0 Å². The topological polar surface area (TPSA) is 83.1 Å². The van der Waals surface area contributed by atoms with Crippen molar-refractivity contribution in [2.75, 3.05) is 0 Å². The van der Waals surface area contributed by atoms with E-state index in [0.29, 0.717) is 24.1 Å². The van der Waals surface area contributed by atoms with E-state index in [9.17, 15) is 4.79 Å². The van der Waals surface area contributed by atoms with E-state index < -0.39 is 0 Å². The van der Waals surface area contributed by atoms with E-state index in [0.717, 1.165) is 22.5 Å². The van der Waals surface area contributed by atoms with Gasteiger partial charge in [0.2, 0.25) is 5.91 Å². The van der Waals surface area contributed by atoms with Crippen molar-refractivity contribution in [1.82, 2.24) is 19.9 Å². The quantitative estimate of drug-likeness (QED) is 0.738. The Bertz CT molecular complexity index is 1070. The molecule has 0 saturated carbocycles. The standard InChI is InChI=1S/C22H25N5O/c1-13-8-14(2)10-18(9-13)15(3)25-21(28)7-6-20-16(4)26-22-19(11-23)12-24-27(22)17(20)5/h8-10,12,15H,6-7H2,1-5H3,(H,25,28). The molecule has 0 fully saturated rings. The summed E-state index contributed by atoms with van der Waals surface area (Å²) in [6.07, 6.45) is 2.47. The van der Waals surface area contributed by atoms with E-state index in [1.54, 1.807) is 4.52 Å². The van der Waals surface area contributed by atoms with E-state index in [2.05, 4.69) is 53.5 Å². The van der Waals surface area contributed by atoms with Crippen LogP contribution in [0, 0.1) is 39.0 Å². The van der Waals surface area contributed by atoms with Gasteiger partial charge in [-0.05, 0) is 52.2 Å². The van der Waals surface area contributed by atoms with Crippen LogP contribution in [0.4, 0.5) is 0 Å². The van der Waals surface area contributed by atoms with E-state index >= 15 is 0 Å². The maximum atomic E-state index is 12.5. The molecule has 0 aliphatic carbocycles. The zero-order chi connectivity index (χ0) is 20.4. The minimum atomic E-state index is -0.0433. The molecule has 0 radical (unpaired) electrons. The summed E-state index contributed by atoms with van der Waals surface area (Å²) in [6, 6.07) is 8.40. The molecule has 6 nitrogen and oxygen atoms in total. The van der Waals surface area contributed by atoms with Gasteiger partial charge in [-0.1, -0.05) is 29.3 Å². The predicted octanol–water partition coefficient (Wildman–Crippen LogP) is 3.64. The first kappa shape index (κ1) is 19.6. The van der Waals surface area contributed by atoms with Gasteiger partial charge in [0.05, 0.1) is 12.2 Å². The first-order valence-corrected chi connectivity index (χ1v) is 9.41. The van der Waals surface area contributed by atoms with Gasteiger partial charge in [-0.2, -0.15) is 10.4 Å². The molecule has 1 aromatic carbocycles. The van der Waals surface area contributed by atoms with Crippen molar-refractivity contribution in [3.63, 3.8) is 0 Å². The Hall–Kier alpha value is -3.20. The van der Waals surface area contributed by atoms with Crippen molar-refractivity contribution >= 4 is 11.6 Å². The number of hydrogen-bond acceptors (Lipinski definition) is 4. The van der Waals surface area contributed by atoms with Crippen molar-refractivity contribution in [2.24, 2.45) is 0 Å². The molecule has 28 heavy (non-hydrogen) atoms. The molecule has 6 heteroatoms. The minimum absolute atomic E-state index is 0.00346. The van der Waals surface area contributed by atoms with Crippen LogP contribution in [-0.4, -0.2) is 20.5 Å². The van der Waals surface area contributed by atoms with Crippen molar-refractivity contribution in [3.05, 3.63) is 63.6 Å². The van der Waals surface area contributed by atoms with Gasteiger partial charge in [0.15, 0.2) is 5.65 Å². The van der Waals surface area contributed by atoms with Gasteiger partial charge in [0.25, 0.3) is 0 Å². The Labute approximate surface area is 165 Å². The zero-order valence-electron chi connectivity index (χ0n) is 17.0. The van der Waals surface area contributed by atoms with E-state index in [1.165, 1.54) is 17.3 Å². The SMILES string of the molecule is Cc1cc(C)cc(C(C)NC(=O)CCc2c(C)nc3c(C#N)cnn3c2C)c1. The molecular formula is C22H25N5O. The van der Waals surface area contributed by atoms with E-state index in [4.69, 9.17) is 5.26 Å². The Morgan fingerprint density at radius 3 is 2.54 bits per heavy atom. The molecule has 1 amide bonds. The second kappa shape index (κ2) is 7.81. The summed E-state index contributed by atoms with van der Waals surface area (Å²) < 4.78 is 1.68. The fourth-order valence-corrected chi connectivity index (χ4v) is 3.65. The van der Waals surface area contributed by atoms with Gasteiger partial charge in [-0.25, -0.2) is 9.50 Å². The molecule has 0 saturated heterocycles. The second-order valence-corrected chi connectivity index (χ2v) is 7.38. The summed E-state index contributed by atoms with van der Waals surface area (Å²) in [4.78, 5) is 17.0.